The lowest BCUT2D eigenvalue weighted by Crippen LogP contribution is -2.24. The summed E-state index contributed by atoms with van der Waals surface area (Å²) >= 11 is 0. The molecule has 1 heterocycles. The fourth-order valence-electron chi connectivity index (χ4n) is 1.84. The number of para-hydroxylation sites is 1. The molecule has 0 N–H and O–H groups in total. The van der Waals surface area contributed by atoms with Gasteiger partial charge in [0, 0.05) is 6.07 Å². The molecule has 1 aromatic carbocycles. The average molecular weight is 241 g/mol. The van der Waals surface area contributed by atoms with E-state index in [0.717, 1.165) is 18.2 Å². The molecule has 1 aromatic heterocycles. The van der Waals surface area contributed by atoms with Gasteiger partial charge in [0.1, 0.15) is 0 Å². The molecule has 0 amide bonds. The van der Waals surface area contributed by atoms with Crippen molar-refractivity contribution in [3.8, 4) is 0 Å². The number of hydrogen-bond acceptors (Lipinski definition) is 2. The van der Waals surface area contributed by atoms with Gasteiger partial charge in [-0.05, 0) is 30.0 Å². The molecule has 0 aliphatic rings. The number of fused-ring (bicyclic) bond motifs is 1. The normalized spacial score (nSPS) is 11.2. The molecule has 0 saturated carbocycles. The number of rotatable bonds is 3. The van der Waals surface area contributed by atoms with E-state index in [1.54, 1.807) is 18.2 Å². The molecule has 0 radical (unpaired) electrons. The number of aromatic nitrogens is 1. The number of carbonyl (C=O) groups excluding carboxylic acids is 1. The van der Waals surface area contributed by atoms with E-state index in [1.165, 1.54) is 16.7 Å². The van der Waals surface area contributed by atoms with E-state index >= 15 is 0 Å². The SMILES string of the molecule is CCCC=CC(=O)n1c(=O)ccc2ccccc21. The summed E-state index contributed by atoms with van der Waals surface area (Å²) < 4.78 is 1.21. The van der Waals surface area contributed by atoms with E-state index in [2.05, 4.69) is 0 Å². The first kappa shape index (κ1) is 12.3. The van der Waals surface area contributed by atoms with Gasteiger partial charge in [0.2, 0.25) is 0 Å². The molecule has 92 valence electrons. The minimum Gasteiger partial charge on any atom is -0.269 e. The Balaban J connectivity index is 2.52. The summed E-state index contributed by atoms with van der Waals surface area (Å²) in [5.41, 5.74) is 0.357. The smallest absolute Gasteiger partial charge is 0.258 e. The summed E-state index contributed by atoms with van der Waals surface area (Å²) in [5, 5.41) is 0.884. The van der Waals surface area contributed by atoms with Crippen molar-refractivity contribution in [2.45, 2.75) is 19.8 Å². The van der Waals surface area contributed by atoms with Crippen molar-refractivity contribution < 1.29 is 4.79 Å². The predicted octanol–water partition coefficient (Wildman–Crippen LogP) is 3.00. The Kier molecular flexibility index (Phi) is 3.72. The van der Waals surface area contributed by atoms with Crippen LogP contribution >= 0.6 is 0 Å². The van der Waals surface area contributed by atoms with Crippen molar-refractivity contribution in [3.63, 3.8) is 0 Å². The number of nitrogens with zero attached hydrogens (tertiary/aromatic N) is 1. The molecule has 0 bridgehead atoms. The number of allylic oxidation sites excluding steroid dienone is 2. The van der Waals surface area contributed by atoms with Crippen LogP contribution in [0.3, 0.4) is 0 Å². The van der Waals surface area contributed by atoms with Crippen LogP contribution in [0, 0.1) is 0 Å². The molecule has 0 fully saturated rings. The third-order valence-electron chi connectivity index (χ3n) is 2.74. The lowest BCUT2D eigenvalue weighted by Gasteiger charge is -2.05. The molecular weight excluding hydrogens is 226 g/mol. The zero-order chi connectivity index (χ0) is 13.0. The Morgan fingerprint density at radius 2 is 2.00 bits per heavy atom. The van der Waals surface area contributed by atoms with E-state index in [1.807, 2.05) is 25.1 Å². The molecule has 0 spiro atoms. The molecule has 18 heavy (non-hydrogen) atoms. The van der Waals surface area contributed by atoms with Crippen LogP contribution in [0.25, 0.3) is 10.9 Å². The topological polar surface area (TPSA) is 39.1 Å². The fraction of sp³-hybridized carbons (Fsp3) is 0.200. The number of benzene rings is 1. The minimum absolute atomic E-state index is 0.287. The standard InChI is InChI=1S/C15H15NO2/c1-2-3-4-9-14(17)16-13-8-6-5-7-12(13)10-11-15(16)18/h4-11H,2-3H2,1H3. The molecule has 2 aromatic rings. The van der Waals surface area contributed by atoms with E-state index in [-0.39, 0.29) is 11.5 Å². The third kappa shape index (κ3) is 2.40. The molecule has 0 saturated heterocycles. The quantitative estimate of drug-likeness (QED) is 0.775. The minimum atomic E-state index is -0.292. The van der Waals surface area contributed by atoms with Gasteiger partial charge in [-0.25, -0.2) is 4.57 Å². The molecule has 0 unspecified atom stereocenters. The summed E-state index contributed by atoms with van der Waals surface area (Å²) in [6.07, 6.45) is 5.09. The molecule has 3 nitrogen and oxygen atoms in total. The molecular formula is C15H15NO2. The Bertz CT molecular complexity index is 653. The van der Waals surface area contributed by atoms with Gasteiger partial charge in [-0.15, -0.1) is 0 Å². The highest BCUT2D eigenvalue weighted by Gasteiger charge is 2.07. The summed E-state index contributed by atoms with van der Waals surface area (Å²) in [4.78, 5) is 23.8. The Morgan fingerprint density at radius 3 is 2.78 bits per heavy atom. The van der Waals surface area contributed by atoms with Gasteiger partial charge in [-0.1, -0.05) is 37.6 Å². The van der Waals surface area contributed by atoms with Crippen LogP contribution in [-0.4, -0.2) is 10.5 Å². The maximum absolute atomic E-state index is 12.0. The Labute approximate surface area is 105 Å². The van der Waals surface area contributed by atoms with Crippen molar-refractivity contribution in [2.24, 2.45) is 0 Å². The molecule has 3 heteroatoms. The summed E-state index contributed by atoms with van der Waals surface area (Å²) in [6.45, 7) is 2.04. The van der Waals surface area contributed by atoms with Crippen LogP contribution in [0.2, 0.25) is 0 Å². The van der Waals surface area contributed by atoms with Gasteiger partial charge in [0.25, 0.3) is 11.5 Å². The lowest BCUT2D eigenvalue weighted by molar-refractivity contribution is 0.0970. The summed E-state index contributed by atoms with van der Waals surface area (Å²) in [5.74, 6) is -0.287. The summed E-state index contributed by atoms with van der Waals surface area (Å²) in [6, 6.07) is 10.5. The number of carbonyl (C=O) groups is 1. The number of hydrogen-bond donors (Lipinski definition) is 0. The van der Waals surface area contributed by atoms with Crippen molar-refractivity contribution >= 4 is 16.8 Å². The molecule has 0 aliphatic heterocycles. The molecule has 0 atom stereocenters. The van der Waals surface area contributed by atoms with Crippen LogP contribution in [-0.2, 0) is 0 Å². The second-order valence-electron chi connectivity index (χ2n) is 4.10. The van der Waals surface area contributed by atoms with E-state index in [0.29, 0.717) is 5.52 Å². The highest BCUT2D eigenvalue weighted by molar-refractivity contribution is 5.97. The van der Waals surface area contributed by atoms with E-state index in [9.17, 15) is 9.59 Å². The van der Waals surface area contributed by atoms with Crippen LogP contribution in [0.4, 0.5) is 0 Å². The predicted molar refractivity (Wildman–Crippen MR) is 72.9 cm³/mol. The monoisotopic (exact) mass is 241 g/mol. The third-order valence-corrected chi connectivity index (χ3v) is 2.74. The van der Waals surface area contributed by atoms with Gasteiger partial charge >= 0.3 is 0 Å². The van der Waals surface area contributed by atoms with Crippen molar-refractivity contribution in [1.82, 2.24) is 4.57 Å². The maximum Gasteiger partial charge on any atom is 0.258 e. The first-order valence-electron chi connectivity index (χ1n) is 6.05. The van der Waals surface area contributed by atoms with Gasteiger partial charge < -0.3 is 0 Å². The Morgan fingerprint density at radius 1 is 1.22 bits per heavy atom. The van der Waals surface area contributed by atoms with Crippen LogP contribution in [0.15, 0.2) is 53.3 Å². The highest BCUT2D eigenvalue weighted by atomic mass is 16.2. The van der Waals surface area contributed by atoms with Gasteiger partial charge in [-0.3, -0.25) is 9.59 Å². The highest BCUT2D eigenvalue weighted by Crippen LogP contribution is 2.10. The second kappa shape index (κ2) is 5.45. The fourth-order valence-corrected chi connectivity index (χ4v) is 1.84. The van der Waals surface area contributed by atoms with Crippen molar-refractivity contribution in [3.05, 3.63) is 58.9 Å². The van der Waals surface area contributed by atoms with Crippen LogP contribution < -0.4 is 5.56 Å². The Hall–Kier alpha value is -2.16. The van der Waals surface area contributed by atoms with Crippen molar-refractivity contribution in [1.29, 1.82) is 0 Å². The average Bonchev–Trinajstić information content (AvgIpc) is 2.38. The van der Waals surface area contributed by atoms with E-state index in [4.69, 9.17) is 0 Å². The molecule has 2 rings (SSSR count). The van der Waals surface area contributed by atoms with Gasteiger partial charge in [0.05, 0.1) is 5.52 Å². The van der Waals surface area contributed by atoms with Crippen LogP contribution in [0.5, 0.6) is 0 Å². The summed E-state index contributed by atoms with van der Waals surface area (Å²) in [7, 11) is 0. The van der Waals surface area contributed by atoms with Crippen LogP contribution in [0.1, 0.15) is 24.6 Å². The largest absolute Gasteiger partial charge is 0.269 e. The first-order chi connectivity index (χ1) is 8.74. The van der Waals surface area contributed by atoms with Gasteiger partial charge in [0.15, 0.2) is 0 Å². The number of pyridine rings is 1. The maximum atomic E-state index is 12.0. The second-order valence-corrected chi connectivity index (χ2v) is 4.10. The number of unbranched alkanes of at least 4 members (excludes halogenated alkanes) is 1. The lowest BCUT2D eigenvalue weighted by atomic mass is 10.2. The zero-order valence-electron chi connectivity index (χ0n) is 10.3. The molecule has 0 aliphatic carbocycles. The zero-order valence-corrected chi connectivity index (χ0v) is 10.3. The van der Waals surface area contributed by atoms with Gasteiger partial charge in [-0.2, -0.15) is 0 Å². The first-order valence-corrected chi connectivity index (χ1v) is 6.05. The van der Waals surface area contributed by atoms with Crippen molar-refractivity contribution in [2.75, 3.05) is 0 Å². The van der Waals surface area contributed by atoms with E-state index < -0.39 is 0 Å².